The summed E-state index contributed by atoms with van der Waals surface area (Å²) in [6, 6.07) is 16.3. The van der Waals surface area contributed by atoms with Gasteiger partial charge in [0.25, 0.3) is 0 Å². The maximum absolute atomic E-state index is 12.8. The van der Waals surface area contributed by atoms with E-state index in [1.54, 1.807) is 11.3 Å². The van der Waals surface area contributed by atoms with Crippen LogP contribution >= 0.6 is 11.3 Å². The number of aryl methyl sites for hydroxylation is 1. The van der Waals surface area contributed by atoms with E-state index in [2.05, 4.69) is 29.4 Å². The van der Waals surface area contributed by atoms with E-state index >= 15 is 0 Å². The molecule has 3 nitrogen and oxygen atoms in total. The maximum Gasteiger partial charge on any atom is 0.236 e. The number of carbonyl (C=O) groups is 1. The molecule has 116 valence electrons. The molecule has 3 aromatic rings. The molecule has 1 fully saturated rings. The molecule has 1 saturated carbocycles. The van der Waals surface area contributed by atoms with Crippen LogP contribution in [0.4, 0.5) is 5.13 Å². The van der Waals surface area contributed by atoms with Crippen LogP contribution in [0, 0.1) is 0 Å². The first-order chi connectivity index (χ1) is 11.2. The molecule has 4 heteroatoms. The highest BCUT2D eigenvalue weighted by atomic mass is 32.1. The van der Waals surface area contributed by atoms with Gasteiger partial charge in [-0.3, -0.25) is 4.79 Å². The first-order valence-corrected chi connectivity index (χ1v) is 8.79. The zero-order valence-electron chi connectivity index (χ0n) is 13.0. The van der Waals surface area contributed by atoms with E-state index in [9.17, 15) is 4.79 Å². The van der Waals surface area contributed by atoms with E-state index in [0.29, 0.717) is 5.13 Å². The molecular weight excluding hydrogens is 304 g/mol. The largest absolute Gasteiger partial charge is 0.301 e. The van der Waals surface area contributed by atoms with E-state index in [-0.39, 0.29) is 11.3 Å². The third-order valence-corrected chi connectivity index (χ3v) is 5.53. The lowest BCUT2D eigenvalue weighted by Crippen LogP contribution is -2.27. The van der Waals surface area contributed by atoms with Crippen LogP contribution in [0.3, 0.4) is 0 Å². The number of hydrogen-bond donors (Lipinski definition) is 1. The summed E-state index contributed by atoms with van der Waals surface area (Å²) in [4.78, 5) is 17.3. The SMILES string of the molecule is CCc1ccc2nc(NC(=O)C3(c4ccccc4)CC3)sc2c1. The molecule has 0 spiro atoms. The molecule has 1 aliphatic carbocycles. The van der Waals surface area contributed by atoms with Crippen LogP contribution in [0.25, 0.3) is 10.2 Å². The Bertz CT molecular complexity index is 865. The van der Waals surface area contributed by atoms with Gasteiger partial charge < -0.3 is 5.32 Å². The summed E-state index contributed by atoms with van der Waals surface area (Å²) in [7, 11) is 0. The van der Waals surface area contributed by atoms with Crippen molar-refractivity contribution in [2.75, 3.05) is 5.32 Å². The van der Waals surface area contributed by atoms with E-state index in [4.69, 9.17) is 0 Å². The number of benzene rings is 2. The Labute approximate surface area is 139 Å². The van der Waals surface area contributed by atoms with E-state index in [1.807, 2.05) is 36.4 Å². The minimum atomic E-state index is -0.353. The Balaban J connectivity index is 1.59. The van der Waals surface area contributed by atoms with Crippen molar-refractivity contribution in [1.82, 2.24) is 4.98 Å². The fourth-order valence-corrected chi connectivity index (χ4v) is 3.91. The van der Waals surface area contributed by atoms with Crippen molar-refractivity contribution in [2.24, 2.45) is 0 Å². The lowest BCUT2D eigenvalue weighted by molar-refractivity contribution is -0.118. The van der Waals surface area contributed by atoms with Crippen molar-refractivity contribution in [3.63, 3.8) is 0 Å². The molecule has 0 aliphatic heterocycles. The number of nitrogens with zero attached hydrogens (tertiary/aromatic N) is 1. The molecule has 0 saturated heterocycles. The second kappa shape index (κ2) is 5.46. The molecule has 1 amide bonds. The predicted octanol–water partition coefficient (Wildman–Crippen LogP) is 4.53. The minimum Gasteiger partial charge on any atom is -0.301 e. The molecule has 1 N–H and O–H groups in total. The molecule has 0 bridgehead atoms. The smallest absolute Gasteiger partial charge is 0.236 e. The topological polar surface area (TPSA) is 42.0 Å². The normalized spacial score (nSPS) is 15.5. The zero-order chi connectivity index (χ0) is 15.9. The molecule has 1 heterocycles. The summed E-state index contributed by atoms with van der Waals surface area (Å²) in [6.07, 6.45) is 2.83. The Morgan fingerprint density at radius 1 is 1.22 bits per heavy atom. The van der Waals surface area contributed by atoms with Crippen molar-refractivity contribution in [2.45, 2.75) is 31.6 Å². The second-order valence-corrected chi connectivity index (χ2v) is 7.11. The van der Waals surface area contributed by atoms with Crippen molar-refractivity contribution in [1.29, 1.82) is 0 Å². The third kappa shape index (κ3) is 2.53. The standard InChI is InChI=1S/C19H18N2OS/c1-2-13-8-9-15-16(12-13)23-18(20-15)21-17(22)19(10-11-19)14-6-4-3-5-7-14/h3-9,12H,2,10-11H2,1H3,(H,20,21,22). The van der Waals surface area contributed by atoms with E-state index < -0.39 is 0 Å². The van der Waals surface area contributed by atoms with Crippen LogP contribution in [-0.2, 0) is 16.6 Å². The number of anilines is 1. The van der Waals surface area contributed by atoms with E-state index in [0.717, 1.165) is 35.0 Å². The van der Waals surface area contributed by atoms with E-state index in [1.165, 1.54) is 5.56 Å². The summed E-state index contributed by atoms with van der Waals surface area (Å²) in [5.41, 5.74) is 2.99. The van der Waals surface area contributed by atoms with Crippen LogP contribution in [-0.4, -0.2) is 10.9 Å². The first kappa shape index (κ1) is 14.4. The van der Waals surface area contributed by atoms with Gasteiger partial charge in [0.15, 0.2) is 5.13 Å². The number of fused-ring (bicyclic) bond motifs is 1. The van der Waals surface area contributed by atoms with Crippen LogP contribution < -0.4 is 5.32 Å². The van der Waals surface area contributed by atoms with Gasteiger partial charge in [-0.2, -0.15) is 0 Å². The Morgan fingerprint density at radius 2 is 2.00 bits per heavy atom. The molecule has 0 unspecified atom stereocenters. The fraction of sp³-hybridized carbons (Fsp3) is 0.263. The number of aromatic nitrogens is 1. The van der Waals surface area contributed by atoms with Crippen molar-refractivity contribution in [3.05, 3.63) is 59.7 Å². The lowest BCUT2D eigenvalue weighted by atomic mass is 9.95. The van der Waals surface area contributed by atoms with Gasteiger partial charge in [-0.25, -0.2) is 4.98 Å². The summed E-state index contributed by atoms with van der Waals surface area (Å²) < 4.78 is 1.13. The Hall–Kier alpha value is -2.20. The highest BCUT2D eigenvalue weighted by Gasteiger charge is 2.51. The number of hydrogen-bond acceptors (Lipinski definition) is 3. The number of carbonyl (C=O) groups excluding carboxylic acids is 1. The monoisotopic (exact) mass is 322 g/mol. The van der Waals surface area contributed by atoms with Gasteiger partial charge in [0.1, 0.15) is 0 Å². The van der Waals surface area contributed by atoms with Crippen molar-refractivity contribution < 1.29 is 4.79 Å². The third-order valence-electron chi connectivity index (χ3n) is 4.59. The molecular formula is C19H18N2OS. The van der Waals surface area contributed by atoms with Gasteiger partial charge in [0.2, 0.25) is 5.91 Å². The average molecular weight is 322 g/mol. The molecule has 1 aliphatic rings. The van der Waals surface area contributed by atoms with Crippen LogP contribution in [0.1, 0.15) is 30.9 Å². The molecule has 0 radical (unpaired) electrons. The molecule has 1 aromatic heterocycles. The molecule has 23 heavy (non-hydrogen) atoms. The maximum atomic E-state index is 12.8. The fourth-order valence-electron chi connectivity index (χ4n) is 2.99. The highest BCUT2D eigenvalue weighted by Crippen LogP contribution is 2.49. The quantitative estimate of drug-likeness (QED) is 0.767. The lowest BCUT2D eigenvalue weighted by Gasteiger charge is -2.14. The minimum absolute atomic E-state index is 0.0680. The summed E-state index contributed by atoms with van der Waals surface area (Å²) in [5, 5.41) is 3.73. The van der Waals surface area contributed by atoms with Gasteiger partial charge in [0, 0.05) is 0 Å². The predicted molar refractivity (Wildman–Crippen MR) is 95.0 cm³/mol. The summed E-state index contributed by atoms with van der Waals surface area (Å²) >= 11 is 1.55. The zero-order valence-corrected chi connectivity index (χ0v) is 13.8. The molecule has 0 atom stereocenters. The van der Waals surface area contributed by atoms with Crippen molar-refractivity contribution >= 4 is 32.6 Å². The van der Waals surface area contributed by atoms with Crippen LogP contribution in [0.2, 0.25) is 0 Å². The Kier molecular flexibility index (Phi) is 3.42. The van der Waals surface area contributed by atoms with Gasteiger partial charge in [0.05, 0.1) is 15.6 Å². The van der Waals surface area contributed by atoms with Gasteiger partial charge in [-0.05, 0) is 42.5 Å². The molecule has 4 rings (SSSR count). The number of thiazole rings is 1. The van der Waals surface area contributed by atoms with Crippen LogP contribution in [0.5, 0.6) is 0 Å². The van der Waals surface area contributed by atoms with Gasteiger partial charge in [-0.1, -0.05) is 54.7 Å². The highest BCUT2D eigenvalue weighted by molar-refractivity contribution is 7.22. The van der Waals surface area contributed by atoms with Gasteiger partial charge >= 0.3 is 0 Å². The number of nitrogens with one attached hydrogen (secondary N) is 1. The molecule has 2 aromatic carbocycles. The van der Waals surface area contributed by atoms with Gasteiger partial charge in [-0.15, -0.1) is 0 Å². The summed E-state index contributed by atoms with van der Waals surface area (Å²) in [5.74, 6) is 0.0680. The average Bonchev–Trinajstić information content (AvgIpc) is 3.31. The number of rotatable bonds is 4. The summed E-state index contributed by atoms with van der Waals surface area (Å²) in [6.45, 7) is 2.14. The Morgan fingerprint density at radius 3 is 2.70 bits per heavy atom. The van der Waals surface area contributed by atoms with Crippen molar-refractivity contribution in [3.8, 4) is 0 Å². The second-order valence-electron chi connectivity index (χ2n) is 6.08. The van der Waals surface area contributed by atoms with Crippen LogP contribution in [0.15, 0.2) is 48.5 Å². The first-order valence-electron chi connectivity index (χ1n) is 7.98. The number of amides is 1.